The molecular weight excluding hydrogens is 309 g/mol. The standard InChI is InChI=1S/C15H24FNO2S2/c1-3-10-17-13(7-6-11-21(2,18)19)12-20-15-9-5-4-8-14(15)16/h4-5,8-9,13,17H,3,6-7,10-12H2,1-2H3. The van der Waals surface area contributed by atoms with Gasteiger partial charge in [0.25, 0.3) is 0 Å². The van der Waals surface area contributed by atoms with E-state index in [1.807, 2.05) is 6.07 Å². The average molecular weight is 333 g/mol. The highest BCUT2D eigenvalue weighted by atomic mass is 32.2. The SMILES string of the molecule is CCCNC(CCCS(C)(=O)=O)CSc1ccccc1F. The van der Waals surface area contributed by atoms with Crippen LogP contribution < -0.4 is 5.32 Å². The van der Waals surface area contributed by atoms with Crippen LogP contribution in [0.3, 0.4) is 0 Å². The first-order valence-corrected chi connectivity index (χ1v) is 10.3. The Bertz CT molecular complexity index is 520. The van der Waals surface area contributed by atoms with Crippen molar-refractivity contribution in [2.45, 2.75) is 37.1 Å². The van der Waals surface area contributed by atoms with E-state index in [1.54, 1.807) is 12.1 Å². The molecule has 1 aromatic carbocycles. The second-order valence-corrected chi connectivity index (χ2v) is 8.49. The van der Waals surface area contributed by atoms with Crippen LogP contribution in [0.25, 0.3) is 0 Å². The Morgan fingerprint density at radius 3 is 2.67 bits per heavy atom. The van der Waals surface area contributed by atoms with E-state index >= 15 is 0 Å². The predicted molar refractivity (Wildman–Crippen MR) is 88.2 cm³/mol. The van der Waals surface area contributed by atoms with Gasteiger partial charge in [0.15, 0.2) is 0 Å². The summed E-state index contributed by atoms with van der Waals surface area (Å²) >= 11 is 1.48. The maximum atomic E-state index is 13.6. The molecule has 0 bridgehead atoms. The molecule has 6 heteroatoms. The fraction of sp³-hybridized carbons (Fsp3) is 0.600. The van der Waals surface area contributed by atoms with Crippen molar-refractivity contribution in [3.05, 3.63) is 30.1 Å². The van der Waals surface area contributed by atoms with Gasteiger partial charge >= 0.3 is 0 Å². The molecule has 0 aliphatic rings. The van der Waals surface area contributed by atoms with Crippen LogP contribution in [-0.2, 0) is 9.84 Å². The van der Waals surface area contributed by atoms with E-state index in [0.29, 0.717) is 11.3 Å². The summed E-state index contributed by atoms with van der Waals surface area (Å²) in [6, 6.07) is 6.94. The number of halogens is 1. The lowest BCUT2D eigenvalue weighted by molar-refractivity contribution is 0.512. The molecule has 0 amide bonds. The van der Waals surface area contributed by atoms with E-state index in [2.05, 4.69) is 12.2 Å². The molecule has 0 heterocycles. The van der Waals surface area contributed by atoms with E-state index in [9.17, 15) is 12.8 Å². The Kier molecular flexibility index (Phi) is 8.29. The summed E-state index contributed by atoms with van der Waals surface area (Å²) in [5, 5.41) is 3.41. The molecule has 0 aromatic heterocycles. The zero-order valence-electron chi connectivity index (χ0n) is 12.6. The largest absolute Gasteiger partial charge is 0.313 e. The number of sulfone groups is 1. The van der Waals surface area contributed by atoms with Crippen molar-refractivity contribution in [3.8, 4) is 0 Å². The smallest absolute Gasteiger partial charge is 0.147 e. The number of hydrogen-bond donors (Lipinski definition) is 1. The Morgan fingerprint density at radius 1 is 1.33 bits per heavy atom. The summed E-state index contributed by atoms with van der Waals surface area (Å²) in [4.78, 5) is 0.643. The Morgan fingerprint density at radius 2 is 2.05 bits per heavy atom. The molecule has 0 spiro atoms. The van der Waals surface area contributed by atoms with Crippen molar-refractivity contribution < 1.29 is 12.8 Å². The maximum absolute atomic E-state index is 13.6. The van der Waals surface area contributed by atoms with Gasteiger partial charge < -0.3 is 5.32 Å². The molecule has 1 atom stereocenters. The van der Waals surface area contributed by atoms with Gasteiger partial charge in [0.1, 0.15) is 15.7 Å². The van der Waals surface area contributed by atoms with Gasteiger partial charge in [-0.2, -0.15) is 0 Å². The Hall–Kier alpha value is -0.590. The third-order valence-electron chi connectivity index (χ3n) is 3.03. The number of benzene rings is 1. The molecule has 3 nitrogen and oxygen atoms in total. The molecule has 1 rings (SSSR count). The lowest BCUT2D eigenvalue weighted by atomic mass is 10.2. The molecule has 0 fully saturated rings. The van der Waals surface area contributed by atoms with Crippen LogP contribution >= 0.6 is 11.8 Å². The van der Waals surface area contributed by atoms with Gasteiger partial charge in [-0.1, -0.05) is 19.1 Å². The molecule has 120 valence electrons. The lowest BCUT2D eigenvalue weighted by Crippen LogP contribution is -2.32. The second kappa shape index (κ2) is 9.43. The first-order chi connectivity index (χ1) is 9.92. The van der Waals surface area contributed by atoms with Crippen molar-refractivity contribution in [3.63, 3.8) is 0 Å². The fourth-order valence-corrected chi connectivity index (χ4v) is 3.67. The molecule has 0 saturated carbocycles. The van der Waals surface area contributed by atoms with Crippen LogP contribution in [0.5, 0.6) is 0 Å². The van der Waals surface area contributed by atoms with Crippen molar-refractivity contribution >= 4 is 21.6 Å². The van der Waals surface area contributed by atoms with E-state index in [4.69, 9.17) is 0 Å². The highest BCUT2D eigenvalue weighted by molar-refractivity contribution is 7.99. The number of nitrogens with one attached hydrogen (secondary N) is 1. The monoisotopic (exact) mass is 333 g/mol. The topological polar surface area (TPSA) is 46.2 Å². The quantitative estimate of drug-likeness (QED) is 0.668. The van der Waals surface area contributed by atoms with E-state index < -0.39 is 9.84 Å². The van der Waals surface area contributed by atoms with Gasteiger partial charge in [0, 0.05) is 28.7 Å². The minimum absolute atomic E-state index is 0.201. The zero-order valence-corrected chi connectivity index (χ0v) is 14.3. The Labute approximate surface area is 131 Å². The van der Waals surface area contributed by atoms with Crippen LogP contribution in [-0.4, -0.2) is 38.8 Å². The summed E-state index contributed by atoms with van der Waals surface area (Å²) in [6.07, 6.45) is 3.70. The summed E-state index contributed by atoms with van der Waals surface area (Å²) < 4.78 is 35.9. The molecular formula is C15H24FNO2S2. The molecule has 0 aliphatic heterocycles. The summed E-state index contributed by atoms with van der Waals surface area (Å²) in [7, 11) is -2.91. The lowest BCUT2D eigenvalue weighted by Gasteiger charge is -2.18. The van der Waals surface area contributed by atoms with Gasteiger partial charge in [0.05, 0.1) is 0 Å². The highest BCUT2D eigenvalue weighted by Crippen LogP contribution is 2.22. The number of rotatable bonds is 10. The van der Waals surface area contributed by atoms with Crippen LogP contribution in [0, 0.1) is 5.82 Å². The van der Waals surface area contributed by atoms with Gasteiger partial charge in [-0.05, 0) is 37.9 Å². The Balaban J connectivity index is 2.47. The van der Waals surface area contributed by atoms with E-state index in [1.165, 1.54) is 24.1 Å². The van der Waals surface area contributed by atoms with E-state index in [-0.39, 0.29) is 17.6 Å². The summed E-state index contributed by atoms with van der Waals surface area (Å²) in [6.45, 7) is 2.98. The highest BCUT2D eigenvalue weighted by Gasteiger charge is 2.12. The average Bonchev–Trinajstić information content (AvgIpc) is 2.41. The summed E-state index contributed by atoms with van der Waals surface area (Å²) in [5.41, 5.74) is 0. The molecule has 0 saturated heterocycles. The third kappa shape index (κ3) is 8.44. The minimum Gasteiger partial charge on any atom is -0.313 e. The zero-order chi connectivity index (χ0) is 15.7. The van der Waals surface area contributed by atoms with E-state index in [0.717, 1.165) is 25.1 Å². The fourth-order valence-electron chi connectivity index (χ4n) is 1.94. The summed E-state index contributed by atoms with van der Waals surface area (Å²) in [5.74, 6) is 0.750. The van der Waals surface area contributed by atoms with Crippen LogP contribution in [0.2, 0.25) is 0 Å². The third-order valence-corrected chi connectivity index (χ3v) is 5.27. The molecule has 1 unspecified atom stereocenters. The van der Waals surface area contributed by atoms with Crippen molar-refractivity contribution in [1.82, 2.24) is 5.32 Å². The van der Waals surface area contributed by atoms with Crippen LogP contribution in [0.1, 0.15) is 26.2 Å². The van der Waals surface area contributed by atoms with Crippen molar-refractivity contribution in [1.29, 1.82) is 0 Å². The van der Waals surface area contributed by atoms with Crippen molar-refractivity contribution in [2.75, 3.05) is 24.3 Å². The van der Waals surface area contributed by atoms with Gasteiger partial charge in [-0.3, -0.25) is 0 Å². The molecule has 0 aliphatic carbocycles. The molecule has 1 N–H and O–H groups in total. The van der Waals surface area contributed by atoms with Gasteiger partial charge in [-0.25, -0.2) is 12.8 Å². The number of thioether (sulfide) groups is 1. The van der Waals surface area contributed by atoms with Gasteiger partial charge in [0.2, 0.25) is 0 Å². The normalized spacial score (nSPS) is 13.3. The molecule has 0 radical (unpaired) electrons. The van der Waals surface area contributed by atoms with Crippen LogP contribution in [0.15, 0.2) is 29.2 Å². The van der Waals surface area contributed by atoms with Gasteiger partial charge in [-0.15, -0.1) is 11.8 Å². The number of hydrogen-bond acceptors (Lipinski definition) is 4. The predicted octanol–water partition coefficient (Wildman–Crippen LogP) is 3.11. The maximum Gasteiger partial charge on any atom is 0.147 e. The molecule has 21 heavy (non-hydrogen) atoms. The minimum atomic E-state index is -2.91. The van der Waals surface area contributed by atoms with Crippen molar-refractivity contribution in [2.24, 2.45) is 0 Å². The van der Waals surface area contributed by atoms with Crippen LogP contribution in [0.4, 0.5) is 4.39 Å². The second-order valence-electron chi connectivity index (χ2n) is 5.16. The first kappa shape index (κ1) is 18.5. The first-order valence-electron chi connectivity index (χ1n) is 7.21. The molecule has 1 aromatic rings.